The number of fused-ring (bicyclic) bond motifs is 1. The van der Waals surface area contributed by atoms with Crippen molar-refractivity contribution in [3.05, 3.63) is 66.3 Å². The second-order valence-electron chi connectivity index (χ2n) is 4.87. The number of imidazole rings is 1. The maximum Gasteiger partial charge on any atom is 0.181 e. The highest BCUT2D eigenvalue weighted by atomic mass is 19.1. The third-order valence-electron chi connectivity index (χ3n) is 3.48. The van der Waals surface area contributed by atoms with E-state index in [0.717, 1.165) is 11.1 Å². The van der Waals surface area contributed by atoms with Gasteiger partial charge in [-0.05, 0) is 30.5 Å². The van der Waals surface area contributed by atoms with Crippen molar-refractivity contribution < 1.29 is 4.39 Å². The molecule has 2 N–H and O–H groups in total. The van der Waals surface area contributed by atoms with E-state index in [2.05, 4.69) is 37.0 Å². The number of halogens is 1. The number of nitrogens with one attached hydrogen (secondary N) is 2. The van der Waals surface area contributed by atoms with Crippen LogP contribution in [0.25, 0.3) is 16.7 Å². The molecular formula is C17H15FN6. The molecule has 120 valence electrons. The van der Waals surface area contributed by atoms with Crippen LogP contribution in [0.2, 0.25) is 0 Å². The van der Waals surface area contributed by atoms with Crippen LogP contribution in [0.1, 0.15) is 11.3 Å². The van der Waals surface area contributed by atoms with E-state index in [4.69, 9.17) is 0 Å². The van der Waals surface area contributed by atoms with Crippen LogP contribution >= 0.6 is 0 Å². The fraction of sp³-hybridized carbons (Fsp3) is 0.0588. The number of anilines is 1. The summed E-state index contributed by atoms with van der Waals surface area (Å²) >= 11 is 0. The minimum Gasteiger partial charge on any atom is -0.386 e. The molecule has 0 saturated carbocycles. The van der Waals surface area contributed by atoms with E-state index in [1.807, 2.05) is 6.08 Å². The minimum absolute atomic E-state index is 0.321. The van der Waals surface area contributed by atoms with Gasteiger partial charge in [0.25, 0.3) is 0 Å². The first kappa shape index (κ1) is 15.5. The first-order valence-corrected chi connectivity index (χ1v) is 7.19. The summed E-state index contributed by atoms with van der Waals surface area (Å²) < 4.78 is 13.8. The Morgan fingerprint density at radius 2 is 2.21 bits per heavy atom. The van der Waals surface area contributed by atoms with Crippen LogP contribution in [0, 0.1) is 5.82 Å². The molecule has 6 nitrogen and oxygen atoms in total. The molecule has 0 aliphatic carbocycles. The number of aliphatic imine (C=N–C) groups is 1. The van der Waals surface area contributed by atoms with E-state index in [0.29, 0.717) is 22.5 Å². The third kappa shape index (κ3) is 2.91. The zero-order valence-electron chi connectivity index (χ0n) is 13.0. The van der Waals surface area contributed by atoms with Gasteiger partial charge in [-0.25, -0.2) is 19.3 Å². The topological polar surface area (TPSA) is 78.8 Å². The van der Waals surface area contributed by atoms with Gasteiger partial charge in [0.15, 0.2) is 5.65 Å². The van der Waals surface area contributed by atoms with E-state index in [9.17, 15) is 4.39 Å². The predicted octanol–water partition coefficient (Wildman–Crippen LogP) is 3.18. The lowest BCUT2D eigenvalue weighted by Gasteiger charge is -2.10. The first-order valence-electron chi connectivity index (χ1n) is 7.19. The summed E-state index contributed by atoms with van der Waals surface area (Å²) in [4.78, 5) is 19.4. The fourth-order valence-corrected chi connectivity index (χ4v) is 2.37. The van der Waals surface area contributed by atoms with E-state index < -0.39 is 0 Å². The SMILES string of the molecule is C=N/C=C\C=C(/c1ccc(F)c(NC)c1)c1ncnc2nc[nH]c12. The van der Waals surface area contributed by atoms with Gasteiger partial charge in [0.05, 0.1) is 12.0 Å². The average molecular weight is 322 g/mol. The van der Waals surface area contributed by atoms with Gasteiger partial charge in [0, 0.05) is 18.8 Å². The van der Waals surface area contributed by atoms with Crippen LogP contribution in [0.15, 0.2) is 54.2 Å². The molecule has 24 heavy (non-hydrogen) atoms. The molecule has 0 atom stereocenters. The van der Waals surface area contributed by atoms with E-state index in [-0.39, 0.29) is 5.82 Å². The van der Waals surface area contributed by atoms with Crippen LogP contribution < -0.4 is 5.32 Å². The van der Waals surface area contributed by atoms with Crippen LogP contribution in [-0.4, -0.2) is 33.7 Å². The number of nitrogens with zero attached hydrogens (tertiary/aromatic N) is 4. The van der Waals surface area contributed by atoms with Crippen molar-refractivity contribution in [1.29, 1.82) is 0 Å². The average Bonchev–Trinajstić information content (AvgIpc) is 3.08. The van der Waals surface area contributed by atoms with Crippen molar-refractivity contribution in [3.8, 4) is 0 Å². The summed E-state index contributed by atoms with van der Waals surface area (Å²) in [6.45, 7) is 3.42. The Kier molecular flexibility index (Phi) is 4.42. The minimum atomic E-state index is -0.321. The molecule has 0 fully saturated rings. The van der Waals surface area contributed by atoms with Crippen molar-refractivity contribution in [3.63, 3.8) is 0 Å². The quantitative estimate of drug-likeness (QED) is 0.558. The number of aromatic amines is 1. The van der Waals surface area contributed by atoms with Gasteiger partial charge >= 0.3 is 0 Å². The molecule has 0 unspecified atom stereocenters. The lowest BCUT2D eigenvalue weighted by atomic mass is 10.0. The maximum atomic E-state index is 13.8. The standard InChI is InChI=1S/C17H15FN6/c1-19-7-3-4-12(11-5-6-13(18)14(8-11)20-2)15-16-17(23-9-21-15)24-10-22-16/h3-10,20H,1H2,2H3,(H,21,22,23,24)/b7-3-,12-4+. The molecule has 0 saturated heterocycles. The van der Waals surface area contributed by atoms with Crippen LogP contribution in [0.4, 0.5) is 10.1 Å². The Labute approximate surface area is 137 Å². The zero-order chi connectivity index (χ0) is 16.9. The van der Waals surface area contributed by atoms with Crippen molar-refractivity contribution in [2.45, 2.75) is 0 Å². The van der Waals surface area contributed by atoms with Crippen LogP contribution in [-0.2, 0) is 0 Å². The van der Waals surface area contributed by atoms with Gasteiger partial charge in [-0.2, -0.15) is 0 Å². The highest BCUT2D eigenvalue weighted by Gasteiger charge is 2.14. The van der Waals surface area contributed by atoms with Crippen molar-refractivity contribution >= 4 is 29.1 Å². The summed E-state index contributed by atoms with van der Waals surface area (Å²) in [7, 11) is 1.67. The molecule has 3 aromatic rings. The molecule has 0 spiro atoms. The van der Waals surface area contributed by atoms with E-state index >= 15 is 0 Å². The monoisotopic (exact) mass is 322 g/mol. The Balaban J connectivity index is 2.21. The molecule has 0 radical (unpaired) electrons. The molecular weight excluding hydrogens is 307 g/mol. The largest absolute Gasteiger partial charge is 0.386 e. The summed E-state index contributed by atoms with van der Waals surface area (Å²) in [6, 6.07) is 4.83. The fourth-order valence-electron chi connectivity index (χ4n) is 2.37. The third-order valence-corrected chi connectivity index (χ3v) is 3.48. The van der Waals surface area contributed by atoms with Crippen molar-refractivity contribution in [1.82, 2.24) is 19.9 Å². The molecule has 1 aromatic carbocycles. The number of hydrogen-bond acceptors (Lipinski definition) is 5. The Morgan fingerprint density at radius 1 is 1.33 bits per heavy atom. The number of benzene rings is 1. The van der Waals surface area contributed by atoms with Gasteiger partial charge in [-0.1, -0.05) is 12.1 Å². The first-order chi connectivity index (χ1) is 11.7. The predicted molar refractivity (Wildman–Crippen MR) is 93.4 cm³/mol. The molecule has 0 amide bonds. The smallest absolute Gasteiger partial charge is 0.181 e. The number of rotatable bonds is 5. The van der Waals surface area contributed by atoms with E-state index in [1.165, 1.54) is 12.4 Å². The van der Waals surface area contributed by atoms with Gasteiger partial charge < -0.3 is 10.3 Å². The molecule has 7 heteroatoms. The van der Waals surface area contributed by atoms with Gasteiger partial charge in [0.2, 0.25) is 0 Å². The van der Waals surface area contributed by atoms with Gasteiger partial charge in [-0.3, -0.25) is 4.99 Å². The van der Waals surface area contributed by atoms with Gasteiger partial charge in [-0.15, -0.1) is 0 Å². The van der Waals surface area contributed by atoms with Crippen LogP contribution in [0.3, 0.4) is 0 Å². The summed E-state index contributed by atoms with van der Waals surface area (Å²) in [5.74, 6) is -0.321. The lowest BCUT2D eigenvalue weighted by Crippen LogP contribution is -1.98. The van der Waals surface area contributed by atoms with Crippen LogP contribution in [0.5, 0.6) is 0 Å². The number of allylic oxidation sites excluding steroid dienone is 2. The highest BCUT2D eigenvalue weighted by molar-refractivity contribution is 5.91. The Hall–Kier alpha value is -3.35. The summed E-state index contributed by atoms with van der Waals surface area (Å²) in [6.07, 6.45) is 8.16. The molecule has 0 aliphatic rings. The highest BCUT2D eigenvalue weighted by Crippen LogP contribution is 2.28. The summed E-state index contributed by atoms with van der Waals surface area (Å²) in [5.41, 5.74) is 3.91. The second-order valence-corrected chi connectivity index (χ2v) is 4.87. The normalized spacial score (nSPS) is 12.0. The van der Waals surface area contributed by atoms with Crippen molar-refractivity contribution in [2.24, 2.45) is 4.99 Å². The molecule has 2 aromatic heterocycles. The molecule has 0 bridgehead atoms. The van der Waals surface area contributed by atoms with Crippen molar-refractivity contribution in [2.75, 3.05) is 12.4 Å². The van der Waals surface area contributed by atoms with E-state index in [1.54, 1.807) is 37.8 Å². The summed E-state index contributed by atoms with van der Waals surface area (Å²) in [5, 5.41) is 2.84. The number of H-pyrrole nitrogens is 1. The molecule has 2 heterocycles. The number of aromatic nitrogens is 4. The zero-order valence-corrected chi connectivity index (χ0v) is 13.0. The maximum absolute atomic E-state index is 13.8. The molecule has 0 aliphatic heterocycles. The second kappa shape index (κ2) is 6.82. The lowest BCUT2D eigenvalue weighted by molar-refractivity contribution is 0.631. The number of hydrogen-bond donors (Lipinski definition) is 2. The molecule has 3 rings (SSSR count). The Bertz CT molecular complexity index is 941. The Morgan fingerprint density at radius 3 is 3.00 bits per heavy atom. The van der Waals surface area contributed by atoms with Gasteiger partial charge in [0.1, 0.15) is 23.4 Å².